The fourth-order valence-electron chi connectivity index (χ4n) is 1.53. The van der Waals surface area contributed by atoms with E-state index in [-0.39, 0.29) is 18.6 Å². The van der Waals surface area contributed by atoms with Crippen molar-refractivity contribution < 1.29 is 9.53 Å². The minimum Gasteiger partial charge on any atom is -0.370 e. The largest absolute Gasteiger partial charge is 0.370 e. The first-order valence-electron chi connectivity index (χ1n) is 5.85. The Morgan fingerprint density at radius 1 is 1.44 bits per heavy atom. The molecule has 0 bridgehead atoms. The third-order valence-corrected chi connectivity index (χ3v) is 3.07. The van der Waals surface area contributed by atoms with E-state index in [0.717, 1.165) is 5.56 Å². The molecule has 0 aromatic heterocycles. The van der Waals surface area contributed by atoms with Gasteiger partial charge in [0.2, 0.25) is 5.91 Å². The van der Waals surface area contributed by atoms with E-state index in [0.29, 0.717) is 18.2 Å². The van der Waals surface area contributed by atoms with Crippen LogP contribution in [0.15, 0.2) is 24.3 Å². The molecule has 0 saturated heterocycles. The maximum Gasteiger partial charge on any atom is 0.248 e. The molecule has 1 atom stereocenters. The van der Waals surface area contributed by atoms with E-state index in [1.807, 2.05) is 31.2 Å². The van der Waals surface area contributed by atoms with E-state index in [9.17, 15) is 4.79 Å². The predicted molar refractivity (Wildman–Crippen MR) is 72.5 cm³/mol. The van der Waals surface area contributed by atoms with Crippen molar-refractivity contribution in [1.29, 1.82) is 0 Å². The van der Waals surface area contributed by atoms with Crippen LogP contribution in [0.5, 0.6) is 0 Å². The van der Waals surface area contributed by atoms with E-state index in [4.69, 9.17) is 22.1 Å². The van der Waals surface area contributed by atoms with Gasteiger partial charge >= 0.3 is 0 Å². The van der Waals surface area contributed by atoms with Gasteiger partial charge in [0, 0.05) is 18.6 Å². The lowest BCUT2D eigenvalue weighted by molar-refractivity contribution is -0.136. The lowest BCUT2D eigenvalue weighted by atomic mass is 10.1. The number of likely N-dealkylation sites (N-methyl/N-ethyl adjacent to an activating group) is 1. The number of amides is 1. The highest BCUT2D eigenvalue weighted by Crippen LogP contribution is 2.20. The number of nitrogens with zero attached hydrogens (tertiary/aromatic N) is 1. The van der Waals surface area contributed by atoms with Crippen LogP contribution in [-0.2, 0) is 9.53 Å². The first-order chi connectivity index (χ1) is 8.56. The molecule has 18 heavy (non-hydrogen) atoms. The molecule has 0 aliphatic heterocycles. The van der Waals surface area contributed by atoms with Crippen molar-refractivity contribution in [2.45, 2.75) is 13.0 Å². The number of ether oxygens (including phenoxy) is 1. The Morgan fingerprint density at radius 3 is 2.61 bits per heavy atom. The van der Waals surface area contributed by atoms with Gasteiger partial charge in [-0.1, -0.05) is 23.7 Å². The van der Waals surface area contributed by atoms with E-state index in [2.05, 4.69) is 0 Å². The van der Waals surface area contributed by atoms with Gasteiger partial charge in [-0.2, -0.15) is 0 Å². The standard InChI is InChI=1S/C13H19ClN2O2/c1-10(11-3-5-12(14)6-4-11)16(2)13(17)9-18-8-7-15/h3-6,10H,7-9,15H2,1-2H3. The fraction of sp³-hybridized carbons (Fsp3) is 0.462. The molecule has 1 rings (SSSR count). The highest BCUT2D eigenvalue weighted by atomic mass is 35.5. The summed E-state index contributed by atoms with van der Waals surface area (Å²) >= 11 is 5.83. The molecule has 0 aliphatic carbocycles. The molecule has 100 valence electrons. The van der Waals surface area contributed by atoms with Gasteiger partial charge in [0.1, 0.15) is 6.61 Å². The van der Waals surface area contributed by atoms with E-state index in [1.165, 1.54) is 0 Å². The van der Waals surface area contributed by atoms with Crippen LogP contribution in [0.1, 0.15) is 18.5 Å². The number of hydrogen-bond donors (Lipinski definition) is 1. The van der Waals surface area contributed by atoms with Gasteiger partial charge in [0.25, 0.3) is 0 Å². The number of nitrogens with two attached hydrogens (primary N) is 1. The van der Waals surface area contributed by atoms with Crippen molar-refractivity contribution in [2.75, 3.05) is 26.8 Å². The van der Waals surface area contributed by atoms with Gasteiger partial charge < -0.3 is 15.4 Å². The smallest absolute Gasteiger partial charge is 0.248 e. The number of benzene rings is 1. The quantitative estimate of drug-likeness (QED) is 0.803. The van der Waals surface area contributed by atoms with Crippen LogP contribution in [0.2, 0.25) is 5.02 Å². The SMILES string of the molecule is CC(c1ccc(Cl)cc1)N(C)C(=O)COCCN. The second kappa shape index (κ2) is 7.36. The Labute approximate surface area is 113 Å². The van der Waals surface area contributed by atoms with Gasteiger partial charge in [0.15, 0.2) is 0 Å². The zero-order chi connectivity index (χ0) is 13.5. The average molecular weight is 271 g/mol. The van der Waals surface area contributed by atoms with Crippen molar-refractivity contribution >= 4 is 17.5 Å². The van der Waals surface area contributed by atoms with Crippen LogP contribution < -0.4 is 5.73 Å². The van der Waals surface area contributed by atoms with Crippen LogP contribution in [0, 0.1) is 0 Å². The molecule has 2 N–H and O–H groups in total. The first-order valence-corrected chi connectivity index (χ1v) is 6.23. The van der Waals surface area contributed by atoms with Crippen molar-refractivity contribution in [2.24, 2.45) is 5.73 Å². The first kappa shape index (κ1) is 15.0. The Kier molecular flexibility index (Phi) is 6.12. The number of hydrogen-bond acceptors (Lipinski definition) is 3. The summed E-state index contributed by atoms with van der Waals surface area (Å²) in [5.74, 6) is -0.0640. The third-order valence-electron chi connectivity index (χ3n) is 2.81. The Balaban J connectivity index is 2.57. The highest BCUT2D eigenvalue weighted by Gasteiger charge is 2.17. The van der Waals surface area contributed by atoms with Crippen LogP contribution >= 0.6 is 11.6 Å². The molecule has 0 radical (unpaired) electrons. The van der Waals surface area contributed by atoms with E-state index >= 15 is 0 Å². The van der Waals surface area contributed by atoms with Crippen molar-refractivity contribution in [3.8, 4) is 0 Å². The van der Waals surface area contributed by atoms with Gasteiger partial charge in [-0.3, -0.25) is 4.79 Å². The van der Waals surface area contributed by atoms with Gasteiger partial charge in [-0.05, 0) is 24.6 Å². The van der Waals surface area contributed by atoms with Crippen molar-refractivity contribution in [1.82, 2.24) is 4.90 Å². The summed E-state index contributed by atoms with van der Waals surface area (Å²) in [7, 11) is 1.76. The van der Waals surface area contributed by atoms with Gasteiger partial charge in [-0.15, -0.1) is 0 Å². The van der Waals surface area contributed by atoms with E-state index < -0.39 is 0 Å². The Morgan fingerprint density at radius 2 is 2.06 bits per heavy atom. The molecular formula is C13H19ClN2O2. The minimum absolute atomic E-state index is 0.0174. The second-order valence-electron chi connectivity index (χ2n) is 4.07. The molecule has 1 aromatic carbocycles. The van der Waals surface area contributed by atoms with Crippen molar-refractivity contribution in [3.63, 3.8) is 0 Å². The molecule has 0 spiro atoms. The highest BCUT2D eigenvalue weighted by molar-refractivity contribution is 6.30. The summed E-state index contributed by atoms with van der Waals surface area (Å²) in [4.78, 5) is 13.5. The van der Waals surface area contributed by atoms with Gasteiger partial charge in [0.05, 0.1) is 12.6 Å². The summed E-state index contributed by atoms with van der Waals surface area (Å²) in [5.41, 5.74) is 6.33. The van der Waals surface area contributed by atoms with Crippen molar-refractivity contribution in [3.05, 3.63) is 34.9 Å². The number of rotatable bonds is 6. The number of carbonyl (C=O) groups is 1. The lowest BCUT2D eigenvalue weighted by Gasteiger charge is -2.25. The molecule has 1 aromatic rings. The molecule has 1 amide bonds. The normalized spacial score (nSPS) is 12.2. The Bertz CT molecular complexity index is 381. The summed E-state index contributed by atoms with van der Waals surface area (Å²) in [5, 5.41) is 0.686. The second-order valence-corrected chi connectivity index (χ2v) is 4.51. The van der Waals surface area contributed by atoms with Crippen LogP contribution in [-0.4, -0.2) is 37.6 Å². The molecule has 5 heteroatoms. The molecule has 0 aliphatic rings. The summed E-state index contributed by atoms with van der Waals surface area (Å²) in [6.45, 7) is 2.84. The minimum atomic E-state index is -0.0640. The Hall–Kier alpha value is -1.10. The summed E-state index contributed by atoms with van der Waals surface area (Å²) in [6.07, 6.45) is 0. The maximum atomic E-state index is 11.8. The third kappa shape index (κ3) is 4.29. The monoisotopic (exact) mass is 270 g/mol. The van der Waals surface area contributed by atoms with Crippen LogP contribution in [0.3, 0.4) is 0 Å². The number of carbonyl (C=O) groups excluding carboxylic acids is 1. The lowest BCUT2D eigenvalue weighted by Crippen LogP contribution is -2.33. The average Bonchev–Trinajstić information content (AvgIpc) is 2.38. The van der Waals surface area contributed by atoms with Crippen LogP contribution in [0.4, 0.5) is 0 Å². The fourth-order valence-corrected chi connectivity index (χ4v) is 1.65. The number of halogens is 1. The maximum absolute atomic E-state index is 11.8. The van der Waals surface area contributed by atoms with Gasteiger partial charge in [-0.25, -0.2) is 0 Å². The molecule has 0 saturated carbocycles. The summed E-state index contributed by atoms with van der Waals surface area (Å²) in [6, 6.07) is 7.44. The predicted octanol–water partition coefficient (Wildman–Crippen LogP) is 1.83. The van der Waals surface area contributed by atoms with E-state index in [1.54, 1.807) is 11.9 Å². The molecule has 1 unspecified atom stereocenters. The van der Waals surface area contributed by atoms with Crippen LogP contribution in [0.25, 0.3) is 0 Å². The molecule has 0 fully saturated rings. The molecular weight excluding hydrogens is 252 g/mol. The zero-order valence-corrected chi connectivity index (χ0v) is 11.5. The zero-order valence-electron chi connectivity index (χ0n) is 10.7. The summed E-state index contributed by atoms with van der Waals surface area (Å²) < 4.78 is 5.13. The molecule has 4 nitrogen and oxygen atoms in total. The topological polar surface area (TPSA) is 55.6 Å². The molecule has 0 heterocycles.